The number of nitrogens with zero attached hydrogens (tertiary/aromatic N) is 2. The predicted molar refractivity (Wildman–Crippen MR) is 138 cm³/mol. The number of aliphatic hydroxyl groups excluding tert-OH is 1. The maximum absolute atomic E-state index is 10.3. The van der Waals surface area contributed by atoms with Crippen LogP contribution >= 0.6 is 35.3 Å². The van der Waals surface area contributed by atoms with Crippen molar-refractivity contribution < 1.29 is 9.84 Å². The number of aliphatic hydroxyl groups is 1. The van der Waals surface area contributed by atoms with E-state index >= 15 is 0 Å². The molecule has 1 atom stereocenters. The lowest BCUT2D eigenvalue weighted by atomic mass is 10.1. The Morgan fingerprint density at radius 3 is 2.55 bits per heavy atom. The number of nitrogens with one attached hydrogen (secondary N) is 2. The van der Waals surface area contributed by atoms with Crippen molar-refractivity contribution >= 4 is 41.3 Å². The molecule has 1 aromatic heterocycles. The molecule has 3 rings (SSSR count). The van der Waals surface area contributed by atoms with Crippen LogP contribution < -0.4 is 15.4 Å². The fraction of sp³-hybridized carbons (Fsp3) is 0.304. The molecule has 3 N–H and O–H groups in total. The first kappa shape index (κ1) is 25.1. The molecule has 3 aromatic rings. The van der Waals surface area contributed by atoms with Crippen LogP contribution in [0.3, 0.4) is 0 Å². The average Bonchev–Trinajstić information content (AvgIpc) is 3.27. The van der Waals surface area contributed by atoms with Gasteiger partial charge in [0, 0.05) is 24.0 Å². The number of ether oxygens (including phenoxy) is 1. The van der Waals surface area contributed by atoms with E-state index in [1.54, 1.807) is 18.4 Å². The smallest absolute Gasteiger partial charge is 0.191 e. The third-order valence-electron chi connectivity index (χ3n) is 4.53. The molecule has 1 unspecified atom stereocenters. The lowest BCUT2D eigenvalue weighted by Crippen LogP contribution is -2.38. The Kier molecular flexibility index (Phi) is 10.8. The number of hydrogen-bond donors (Lipinski definition) is 3. The molecular formula is C23H29IN4O2S. The van der Waals surface area contributed by atoms with Crippen molar-refractivity contribution in [3.05, 3.63) is 71.2 Å². The second-order valence-electron chi connectivity index (χ2n) is 6.71. The Hall–Kier alpha value is -2.17. The van der Waals surface area contributed by atoms with Crippen molar-refractivity contribution in [3.8, 4) is 16.3 Å². The number of rotatable bonds is 9. The molecule has 31 heavy (non-hydrogen) atoms. The molecule has 8 heteroatoms. The van der Waals surface area contributed by atoms with Crippen molar-refractivity contribution in [2.45, 2.75) is 26.0 Å². The summed E-state index contributed by atoms with van der Waals surface area (Å²) in [6.07, 6.45) is 0.111. The summed E-state index contributed by atoms with van der Waals surface area (Å²) in [5.74, 6) is 1.55. The molecular weight excluding hydrogens is 523 g/mol. The van der Waals surface area contributed by atoms with Crippen LogP contribution in [-0.2, 0) is 6.54 Å². The third kappa shape index (κ3) is 7.79. The number of aliphatic imine (C=N–C) groups is 1. The van der Waals surface area contributed by atoms with E-state index in [4.69, 9.17) is 9.72 Å². The van der Waals surface area contributed by atoms with Gasteiger partial charge in [-0.2, -0.15) is 0 Å². The summed E-state index contributed by atoms with van der Waals surface area (Å²) in [5, 5.41) is 19.8. The van der Waals surface area contributed by atoms with Crippen molar-refractivity contribution in [1.82, 2.24) is 15.6 Å². The molecule has 2 aromatic carbocycles. The van der Waals surface area contributed by atoms with E-state index in [0.29, 0.717) is 19.5 Å². The summed E-state index contributed by atoms with van der Waals surface area (Å²) >= 11 is 1.61. The molecule has 0 bridgehead atoms. The highest BCUT2D eigenvalue weighted by Gasteiger charge is 2.08. The van der Waals surface area contributed by atoms with Crippen LogP contribution in [0.25, 0.3) is 10.6 Å². The van der Waals surface area contributed by atoms with E-state index in [9.17, 15) is 5.11 Å². The Labute approximate surface area is 204 Å². The first-order chi connectivity index (χ1) is 14.7. The van der Waals surface area contributed by atoms with Crippen LogP contribution in [0, 0.1) is 0 Å². The van der Waals surface area contributed by atoms with Gasteiger partial charge < -0.3 is 20.5 Å². The summed E-state index contributed by atoms with van der Waals surface area (Å²) in [7, 11) is 1.66. The minimum Gasteiger partial charge on any atom is -0.497 e. The summed E-state index contributed by atoms with van der Waals surface area (Å²) in [6.45, 7) is 3.90. The molecule has 0 saturated carbocycles. The Morgan fingerprint density at radius 2 is 1.87 bits per heavy atom. The maximum atomic E-state index is 10.3. The third-order valence-corrected chi connectivity index (χ3v) is 5.47. The molecule has 0 amide bonds. The van der Waals surface area contributed by atoms with Crippen molar-refractivity contribution in [2.24, 2.45) is 4.99 Å². The van der Waals surface area contributed by atoms with E-state index in [0.717, 1.165) is 40.1 Å². The van der Waals surface area contributed by atoms with E-state index in [-0.39, 0.29) is 24.0 Å². The van der Waals surface area contributed by atoms with Crippen LogP contribution in [-0.4, -0.2) is 36.2 Å². The molecule has 0 aliphatic carbocycles. The fourth-order valence-corrected chi connectivity index (χ4v) is 3.73. The van der Waals surface area contributed by atoms with Gasteiger partial charge in [0.2, 0.25) is 0 Å². The van der Waals surface area contributed by atoms with E-state index in [1.807, 2.05) is 66.9 Å². The summed E-state index contributed by atoms with van der Waals surface area (Å²) < 4.78 is 5.21. The van der Waals surface area contributed by atoms with Crippen LogP contribution in [0.15, 0.2) is 65.0 Å². The molecule has 0 radical (unpaired) electrons. The zero-order valence-electron chi connectivity index (χ0n) is 17.7. The normalized spacial score (nSPS) is 12.0. The zero-order chi connectivity index (χ0) is 21.2. The monoisotopic (exact) mass is 552 g/mol. The second-order valence-corrected chi connectivity index (χ2v) is 7.57. The Morgan fingerprint density at radius 1 is 1.13 bits per heavy atom. The number of guanidine groups is 1. The van der Waals surface area contributed by atoms with Gasteiger partial charge in [0.25, 0.3) is 0 Å². The van der Waals surface area contributed by atoms with Gasteiger partial charge in [0.15, 0.2) is 5.96 Å². The molecule has 6 nitrogen and oxygen atoms in total. The lowest BCUT2D eigenvalue weighted by Gasteiger charge is -2.14. The van der Waals surface area contributed by atoms with E-state index in [1.165, 1.54) is 0 Å². The molecule has 0 aliphatic heterocycles. The van der Waals surface area contributed by atoms with E-state index in [2.05, 4.69) is 15.6 Å². The number of thiazole rings is 1. The highest BCUT2D eigenvalue weighted by molar-refractivity contribution is 14.0. The zero-order valence-corrected chi connectivity index (χ0v) is 20.9. The molecule has 0 spiro atoms. The minimum absolute atomic E-state index is 0. The first-order valence-corrected chi connectivity index (χ1v) is 10.9. The molecule has 0 saturated heterocycles. The fourth-order valence-electron chi connectivity index (χ4n) is 2.92. The predicted octanol–water partition coefficient (Wildman–Crippen LogP) is 4.62. The molecule has 166 valence electrons. The standard InChI is InChI=1S/C23H28N4O2S.HI/c1-3-24-23(25-14-13-21(28)17-7-5-4-6-8-17)26-15-19-16-30-22(27-19)18-9-11-20(29-2)12-10-18;/h4-12,16,21,28H,3,13-15H2,1-2H3,(H2,24,25,26);1H. The van der Waals surface area contributed by atoms with Gasteiger partial charge in [0.1, 0.15) is 10.8 Å². The number of methoxy groups -OCH3 is 1. The van der Waals surface area contributed by atoms with Gasteiger partial charge >= 0.3 is 0 Å². The van der Waals surface area contributed by atoms with Gasteiger partial charge in [-0.05, 0) is 43.2 Å². The van der Waals surface area contributed by atoms with Crippen LogP contribution in [0.4, 0.5) is 0 Å². The SMILES string of the molecule is CCNC(=NCc1csc(-c2ccc(OC)cc2)n1)NCCC(O)c1ccccc1.I. The quantitative estimate of drug-likeness (QED) is 0.205. The van der Waals surface area contributed by atoms with Gasteiger partial charge in [-0.25, -0.2) is 9.98 Å². The van der Waals surface area contributed by atoms with Gasteiger partial charge in [0.05, 0.1) is 25.5 Å². The minimum atomic E-state index is -0.493. The Bertz CT molecular complexity index is 932. The van der Waals surface area contributed by atoms with Crippen molar-refractivity contribution in [2.75, 3.05) is 20.2 Å². The summed E-state index contributed by atoms with van der Waals surface area (Å²) in [4.78, 5) is 9.32. The van der Waals surface area contributed by atoms with Crippen molar-refractivity contribution in [3.63, 3.8) is 0 Å². The van der Waals surface area contributed by atoms with Crippen LogP contribution in [0.1, 0.15) is 30.7 Å². The number of benzene rings is 2. The molecule has 0 fully saturated rings. The summed E-state index contributed by atoms with van der Waals surface area (Å²) in [5.41, 5.74) is 2.91. The van der Waals surface area contributed by atoms with Crippen LogP contribution in [0.5, 0.6) is 5.75 Å². The topological polar surface area (TPSA) is 78.8 Å². The highest BCUT2D eigenvalue weighted by atomic mass is 127. The Balaban J connectivity index is 0.00000341. The van der Waals surface area contributed by atoms with Gasteiger partial charge in [-0.1, -0.05) is 30.3 Å². The van der Waals surface area contributed by atoms with Crippen molar-refractivity contribution in [1.29, 1.82) is 0 Å². The lowest BCUT2D eigenvalue weighted by molar-refractivity contribution is 0.168. The largest absolute Gasteiger partial charge is 0.497 e. The molecule has 1 heterocycles. The second kappa shape index (κ2) is 13.3. The highest BCUT2D eigenvalue weighted by Crippen LogP contribution is 2.25. The van der Waals surface area contributed by atoms with Gasteiger partial charge in [-0.3, -0.25) is 0 Å². The molecule has 0 aliphatic rings. The first-order valence-electron chi connectivity index (χ1n) is 10.0. The number of aromatic nitrogens is 1. The number of halogens is 1. The van der Waals surface area contributed by atoms with E-state index < -0.39 is 6.10 Å². The summed E-state index contributed by atoms with van der Waals surface area (Å²) in [6, 6.07) is 17.6. The van der Waals surface area contributed by atoms with Gasteiger partial charge in [-0.15, -0.1) is 35.3 Å². The average molecular weight is 552 g/mol. The maximum Gasteiger partial charge on any atom is 0.191 e. The number of hydrogen-bond acceptors (Lipinski definition) is 5. The van der Waals surface area contributed by atoms with Crippen LogP contribution in [0.2, 0.25) is 0 Å².